The Morgan fingerprint density at radius 1 is 0.879 bits per heavy atom. The standard InChI is InChI=1S/C23H19N3O7/c1-14-11-12-17(19(13-14)26(31)32)24-22(27)21(16-8-4-3-5-9-16)33-23(28)20-15(2)7-6-10-18(20)25(29)30/h3-13,21H,1-2H3,(H,24,27). The molecular weight excluding hydrogens is 430 g/mol. The van der Waals surface area contributed by atoms with Gasteiger partial charge in [0, 0.05) is 17.7 Å². The van der Waals surface area contributed by atoms with Crippen molar-refractivity contribution in [3.05, 3.63) is 109 Å². The SMILES string of the molecule is Cc1ccc(NC(=O)C(OC(=O)c2c(C)cccc2[N+](=O)[O-])c2ccccc2)c([N+](=O)[O-])c1. The highest BCUT2D eigenvalue weighted by atomic mass is 16.6. The number of nitro groups is 2. The summed E-state index contributed by atoms with van der Waals surface area (Å²) in [5.41, 5.74) is 0.0759. The average Bonchev–Trinajstić information content (AvgIpc) is 2.78. The highest BCUT2D eigenvalue weighted by Gasteiger charge is 2.31. The molecular formula is C23H19N3O7. The summed E-state index contributed by atoms with van der Waals surface area (Å²) in [6, 6.07) is 16.4. The molecule has 33 heavy (non-hydrogen) atoms. The van der Waals surface area contributed by atoms with E-state index in [0.29, 0.717) is 11.1 Å². The van der Waals surface area contributed by atoms with Gasteiger partial charge >= 0.3 is 5.97 Å². The van der Waals surface area contributed by atoms with Gasteiger partial charge in [-0.1, -0.05) is 48.5 Å². The molecule has 0 fully saturated rings. The van der Waals surface area contributed by atoms with Gasteiger partial charge in [0.1, 0.15) is 11.3 Å². The summed E-state index contributed by atoms with van der Waals surface area (Å²) in [7, 11) is 0. The second-order valence-corrected chi connectivity index (χ2v) is 7.19. The minimum absolute atomic E-state index is 0.0746. The van der Waals surface area contributed by atoms with Crippen LogP contribution in [0.15, 0.2) is 66.7 Å². The summed E-state index contributed by atoms with van der Waals surface area (Å²) in [5, 5.41) is 25.2. The molecule has 10 heteroatoms. The number of nitrogens with zero attached hydrogens (tertiary/aromatic N) is 2. The fourth-order valence-corrected chi connectivity index (χ4v) is 3.23. The molecule has 0 saturated heterocycles. The van der Waals surface area contributed by atoms with Crippen molar-refractivity contribution in [1.29, 1.82) is 0 Å². The maximum Gasteiger partial charge on any atom is 0.346 e. The molecule has 1 N–H and O–H groups in total. The predicted octanol–water partition coefficient (Wildman–Crippen LogP) is 4.66. The first-order chi connectivity index (χ1) is 15.7. The number of ether oxygens (including phenoxy) is 1. The number of amides is 1. The smallest absolute Gasteiger partial charge is 0.346 e. The van der Waals surface area contributed by atoms with Gasteiger partial charge in [-0.25, -0.2) is 4.79 Å². The van der Waals surface area contributed by atoms with Crippen molar-refractivity contribution in [2.24, 2.45) is 0 Å². The van der Waals surface area contributed by atoms with Crippen molar-refractivity contribution in [2.45, 2.75) is 20.0 Å². The Labute approximate surface area is 188 Å². The summed E-state index contributed by atoms with van der Waals surface area (Å²) in [6.45, 7) is 3.18. The fourth-order valence-electron chi connectivity index (χ4n) is 3.23. The number of carbonyl (C=O) groups is 2. The molecule has 0 aliphatic heterocycles. The zero-order chi connectivity index (χ0) is 24.1. The van der Waals surface area contributed by atoms with Crippen molar-refractivity contribution in [3.8, 4) is 0 Å². The van der Waals surface area contributed by atoms with Gasteiger partial charge in [-0.15, -0.1) is 0 Å². The zero-order valence-corrected chi connectivity index (χ0v) is 17.7. The van der Waals surface area contributed by atoms with Crippen LogP contribution >= 0.6 is 0 Å². The zero-order valence-electron chi connectivity index (χ0n) is 17.7. The molecule has 0 saturated carbocycles. The third kappa shape index (κ3) is 5.18. The van der Waals surface area contributed by atoms with E-state index in [9.17, 15) is 29.8 Å². The predicted molar refractivity (Wildman–Crippen MR) is 119 cm³/mol. The van der Waals surface area contributed by atoms with E-state index < -0.39 is 33.5 Å². The maximum atomic E-state index is 13.1. The van der Waals surface area contributed by atoms with E-state index in [2.05, 4.69) is 5.32 Å². The Balaban J connectivity index is 1.98. The first-order valence-electron chi connectivity index (χ1n) is 9.75. The van der Waals surface area contributed by atoms with E-state index in [1.807, 2.05) is 0 Å². The molecule has 0 bridgehead atoms. The monoisotopic (exact) mass is 449 g/mol. The number of aryl methyl sites for hydroxylation is 2. The number of esters is 1. The highest BCUT2D eigenvalue weighted by molar-refractivity contribution is 6.01. The third-order valence-electron chi connectivity index (χ3n) is 4.82. The lowest BCUT2D eigenvalue weighted by molar-refractivity contribution is -0.385. The quantitative estimate of drug-likeness (QED) is 0.314. The number of carbonyl (C=O) groups excluding carboxylic acids is 2. The minimum Gasteiger partial charge on any atom is -0.443 e. The Morgan fingerprint density at radius 3 is 2.18 bits per heavy atom. The lowest BCUT2D eigenvalue weighted by Gasteiger charge is -2.19. The minimum atomic E-state index is -1.51. The molecule has 1 atom stereocenters. The molecule has 168 valence electrons. The molecule has 0 heterocycles. The number of benzene rings is 3. The van der Waals surface area contributed by atoms with E-state index in [4.69, 9.17) is 4.74 Å². The van der Waals surface area contributed by atoms with Crippen LogP contribution in [0.25, 0.3) is 0 Å². The van der Waals surface area contributed by atoms with Gasteiger partial charge in [-0.3, -0.25) is 25.0 Å². The molecule has 10 nitrogen and oxygen atoms in total. The highest BCUT2D eigenvalue weighted by Crippen LogP contribution is 2.30. The summed E-state index contributed by atoms with van der Waals surface area (Å²) in [6.07, 6.45) is -1.51. The van der Waals surface area contributed by atoms with Crippen LogP contribution in [0.4, 0.5) is 17.1 Å². The van der Waals surface area contributed by atoms with Crippen molar-refractivity contribution < 1.29 is 24.2 Å². The van der Waals surface area contributed by atoms with Crippen molar-refractivity contribution in [1.82, 2.24) is 0 Å². The lowest BCUT2D eigenvalue weighted by Crippen LogP contribution is -2.26. The maximum absolute atomic E-state index is 13.1. The molecule has 1 unspecified atom stereocenters. The van der Waals surface area contributed by atoms with Gasteiger partial charge in [0.2, 0.25) is 6.10 Å². The molecule has 3 rings (SSSR count). The summed E-state index contributed by atoms with van der Waals surface area (Å²) in [5.74, 6) is -1.92. The van der Waals surface area contributed by atoms with Crippen LogP contribution in [-0.2, 0) is 9.53 Å². The summed E-state index contributed by atoms with van der Waals surface area (Å²) < 4.78 is 5.43. The second kappa shape index (κ2) is 9.69. The van der Waals surface area contributed by atoms with Crippen LogP contribution in [0.3, 0.4) is 0 Å². The summed E-state index contributed by atoms with van der Waals surface area (Å²) in [4.78, 5) is 47.5. The molecule has 0 aliphatic carbocycles. The van der Waals surface area contributed by atoms with Crippen LogP contribution in [-0.4, -0.2) is 21.7 Å². The van der Waals surface area contributed by atoms with Crippen molar-refractivity contribution in [2.75, 3.05) is 5.32 Å². The molecule has 3 aromatic rings. The Hall–Kier alpha value is -4.60. The largest absolute Gasteiger partial charge is 0.443 e. The van der Waals surface area contributed by atoms with Gasteiger partial charge in [-0.2, -0.15) is 0 Å². The van der Waals surface area contributed by atoms with Gasteiger partial charge in [-0.05, 0) is 31.0 Å². The van der Waals surface area contributed by atoms with Crippen molar-refractivity contribution >= 4 is 28.9 Å². The number of anilines is 1. The van der Waals surface area contributed by atoms with E-state index in [1.54, 1.807) is 31.2 Å². The number of hydrogen-bond acceptors (Lipinski definition) is 7. The topological polar surface area (TPSA) is 142 Å². The summed E-state index contributed by atoms with van der Waals surface area (Å²) >= 11 is 0. The second-order valence-electron chi connectivity index (χ2n) is 7.19. The molecule has 0 aromatic heterocycles. The normalized spacial score (nSPS) is 11.3. The first-order valence-corrected chi connectivity index (χ1v) is 9.75. The first kappa shape index (κ1) is 23.1. The van der Waals surface area contributed by atoms with E-state index in [-0.39, 0.29) is 22.5 Å². The Morgan fingerprint density at radius 2 is 1.55 bits per heavy atom. The van der Waals surface area contributed by atoms with Crippen LogP contribution in [0.2, 0.25) is 0 Å². The molecule has 0 aliphatic rings. The molecule has 0 radical (unpaired) electrons. The van der Waals surface area contributed by atoms with Gasteiger partial charge in [0.15, 0.2) is 0 Å². The van der Waals surface area contributed by atoms with Gasteiger partial charge in [0.05, 0.1) is 9.85 Å². The van der Waals surface area contributed by atoms with Gasteiger partial charge in [0.25, 0.3) is 17.3 Å². The molecule has 0 spiro atoms. The van der Waals surface area contributed by atoms with Crippen LogP contribution in [0.1, 0.15) is 33.2 Å². The van der Waals surface area contributed by atoms with Crippen LogP contribution < -0.4 is 5.32 Å². The average molecular weight is 449 g/mol. The van der Waals surface area contributed by atoms with Crippen molar-refractivity contribution in [3.63, 3.8) is 0 Å². The Kier molecular flexibility index (Phi) is 6.77. The number of rotatable bonds is 7. The van der Waals surface area contributed by atoms with Crippen LogP contribution in [0, 0.1) is 34.1 Å². The number of nitro benzene ring substituents is 2. The number of nitrogens with one attached hydrogen (secondary N) is 1. The fraction of sp³-hybridized carbons (Fsp3) is 0.130. The Bertz CT molecular complexity index is 1240. The van der Waals surface area contributed by atoms with Crippen LogP contribution in [0.5, 0.6) is 0 Å². The van der Waals surface area contributed by atoms with E-state index in [1.165, 1.54) is 43.3 Å². The van der Waals surface area contributed by atoms with Gasteiger partial charge < -0.3 is 10.1 Å². The molecule has 1 amide bonds. The lowest BCUT2D eigenvalue weighted by atomic mass is 10.1. The third-order valence-corrected chi connectivity index (χ3v) is 4.82. The number of hydrogen-bond donors (Lipinski definition) is 1. The van der Waals surface area contributed by atoms with E-state index >= 15 is 0 Å². The van der Waals surface area contributed by atoms with E-state index in [0.717, 1.165) is 6.07 Å². The molecule has 3 aromatic carbocycles.